The predicted molar refractivity (Wildman–Crippen MR) is 219 cm³/mol. The standard InChI is InChI=1S/C45H56F3N3O4Si/c1-33-25-36(29-37(26-33)45(46,47)48)43(52)51-22-21-49(19-20-50-23-24-54-39(31-50)32-53-6)30-38(51)27-35-18-17-34(2)42(28-35)55-56(44(3,4)5,40-13-9-7-10-14-40)41-15-11-8-12-16-41/h7-18,25-26,28-29,38-39H,19-24,27,30-32H2,1-6H3/t38-,39+/m1/s1. The lowest BCUT2D eigenvalue weighted by Gasteiger charge is -2.44. The van der Waals surface area contributed by atoms with Crippen LogP contribution >= 0.6 is 0 Å². The van der Waals surface area contributed by atoms with Crippen molar-refractivity contribution in [3.63, 3.8) is 0 Å². The van der Waals surface area contributed by atoms with Crippen LogP contribution in [0.5, 0.6) is 5.75 Å². The Labute approximate surface area is 331 Å². The van der Waals surface area contributed by atoms with Crippen molar-refractivity contribution in [1.82, 2.24) is 14.7 Å². The van der Waals surface area contributed by atoms with Crippen LogP contribution in [-0.2, 0) is 22.1 Å². The first-order valence-electron chi connectivity index (χ1n) is 19.6. The zero-order chi connectivity index (χ0) is 40.1. The second-order valence-electron chi connectivity index (χ2n) is 16.4. The zero-order valence-electron chi connectivity index (χ0n) is 33.6. The highest BCUT2D eigenvalue weighted by molar-refractivity contribution is 7.00. The van der Waals surface area contributed by atoms with E-state index in [1.165, 1.54) is 10.4 Å². The Bertz CT molecular complexity index is 1880. The number of carbonyl (C=O) groups is 1. The van der Waals surface area contributed by atoms with Crippen LogP contribution in [0.25, 0.3) is 0 Å². The van der Waals surface area contributed by atoms with Gasteiger partial charge in [0.05, 0.1) is 24.9 Å². The molecule has 11 heteroatoms. The van der Waals surface area contributed by atoms with E-state index in [0.717, 1.165) is 55.2 Å². The molecule has 7 nitrogen and oxygen atoms in total. The van der Waals surface area contributed by atoms with Crippen LogP contribution in [0.1, 0.15) is 53.4 Å². The van der Waals surface area contributed by atoms with Crippen LogP contribution in [0, 0.1) is 13.8 Å². The summed E-state index contributed by atoms with van der Waals surface area (Å²) in [6.07, 6.45) is -4.00. The van der Waals surface area contributed by atoms with E-state index in [4.69, 9.17) is 13.9 Å². The van der Waals surface area contributed by atoms with E-state index < -0.39 is 20.1 Å². The van der Waals surface area contributed by atoms with Gasteiger partial charge < -0.3 is 18.8 Å². The van der Waals surface area contributed by atoms with Crippen molar-refractivity contribution in [1.29, 1.82) is 0 Å². The second-order valence-corrected chi connectivity index (χ2v) is 20.6. The number of aryl methyl sites for hydroxylation is 2. The van der Waals surface area contributed by atoms with Gasteiger partial charge in [-0.05, 0) is 76.6 Å². The number of hydrogen-bond acceptors (Lipinski definition) is 6. The molecule has 56 heavy (non-hydrogen) atoms. The van der Waals surface area contributed by atoms with Crippen molar-refractivity contribution in [2.75, 3.05) is 66.1 Å². The number of alkyl halides is 3. The Morgan fingerprint density at radius 1 is 0.821 bits per heavy atom. The van der Waals surface area contributed by atoms with Crippen LogP contribution in [0.3, 0.4) is 0 Å². The van der Waals surface area contributed by atoms with Crippen molar-refractivity contribution in [2.45, 2.75) is 64.4 Å². The Morgan fingerprint density at radius 3 is 2.07 bits per heavy atom. The van der Waals surface area contributed by atoms with Crippen molar-refractivity contribution in [2.24, 2.45) is 0 Å². The molecule has 0 N–H and O–H groups in total. The van der Waals surface area contributed by atoms with E-state index in [-0.39, 0.29) is 28.7 Å². The monoisotopic (exact) mass is 787 g/mol. The number of hydrogen-bond donors (Lipinski definition) is 0. The smallest absolute Gasteiger partial charge is 0.416 e. The quantitative estimate of drug-likeness (QED) is 0.145. The fourth-order valence-corrected chi connectivity index (χ4v) is 12.8. The van der Waals surface area contributed by atoms with Crippen molar-refractivity contribution >= 4 is 24.6 Å². The number of morpholine rings is 1. The Hall–Kier alpha value is -4.00. The van der Waals surface area contributed by atoms with Gasteiger partial charge >= 0.3 is 14.5 Å². The molecule has 0 spiro atoms. The molecular formula is C45H56F3N3O4Si. The largest absolute Gasteiger partial charge is 0.534 e. The van der Waals surface area contributed by atoms with Crippen molar-refractivity contribution in [3.8, 4) is 5.75 Å². The molecule has 2 fully saturated rings. The van der Waals surface area contributed by atoms with Crippen LogP contribution in [0.4, 0.5) is 13.2 Å². The van der Waals surface area contributed by atoms with Crippen molar-refractivity contribution < 1.29 is 31.9 Å². The topological polar surface area (TPSA) is 54.5 Å². The number of methoxy groups -OCH3 is 1. The van der Waals surface area contributed by atoms with E-state index in [9.17, 15) is 18.0 Å². The number of carbonyl (C=O) groups excluding carboxylic acids is 1. The minimum Gasteiger partial charge on any atom is -0.534 e. The Kier molecular flexibility index (Phi) is 13.1. The molecular weight excluding hydrogens is 732 g/mol. The fraction of sp³-hybridized carbons (Fsp3) is 0.444. The van der Waals surface area contributed by atoms with E-state index >= 15 is 0 Å². The average molecular weight is 788 g/mol. The van der Waals surface area contributed by atoms with Crippen LogP contribution < -0.4 is 14.8 Å². The fourth-order valence-electron chi connectivity index (χ4n) is 8.32. The summed E-state index contributed by atoms with van der Waals surface area (Å²) >= 11 is 0. The molecule has 0 saturated carbocycles. The lowest BCUT2D eigenvalue weighted by atomic mass is 9.98. The third kappa shape index (κ3) is 9.57. The maximum Gasteiger partial charge on any atom is 0.416 e. The average Bonchev–Trinajstić information content (AvgIpc) is 3.17. The Balaban J connectivity index is 1.31. The van der Waals surface area contributed by atoms with Crippen LogP contribution in [-0.4, -0.2) is 107 Å². The molecule has 2 saturated heterocycles. The molecule has 0 radical (unpaired) electrons. The lowest BCUT2D eigenvalue weighted by molar-refractivity contribution is -0.137. The molecule has 2 atom stereocenters. The zero-order valence-corrected chi connectivity index (χ0v) is 34.6. The molecule has 2 heterocycles. The Morgan fingerprint density at radius 2 is 1.46 bits per heavy atom. The number of halogens is 3. The third-order valence-electron chi connectivity index (χ3n) is 11.2. The summed E-state index contributed by atoms with van der Waals surface area (Å²) in [6, 6.07) is 30.7. The number of ether oxygens (including phenoxy) is 2. The summed E-state index contributed by atoms with van der Waals surface area (Å²) in [6.45, 7) is 16.5. The van der Waals surface area contributed by atoms with E-state index in [2.05, 4.69) is 104 Å². The molecule has 300 valence electrons. The van der Waals surface area contributed by atoms with Gasteiger partial charge in [0.15, 0.2) is 0 Å². The SMILES string of the molecule is COC[C@@H]1CN(CCN2CCN(C(=O)c3cc(C)cc(C(F)(F)F)c3)[C@H](Cc3ccc(C)c(O[Si](c4ccccc4)(c4ccccc4)C(C)(C)C)c3)C2)CCO1. The van der Waals surface area contributed by atoms with Gasteiger partial charge in [0.2, 0.25) is 0 Å². The van der Waals surface area contributed by atoms with E-state index in [0.29, 0.717) is 44.8 Å². The lowest BCUT2D eigenvalue weighted by Crippen LogP contribution is -2.68. The minimum atomic E-state index is -4.55. The molecule has 6 rings (SSSR count). The second kappa shape index (κ2) is 17.6. The molecule has 4 aromatic rings. The first-order valence-corrected chi connectivity index (χ1v) is 21.5. The first kappa shape index (κ1) is 41.6. The summed E-state index contributed by atoms with van der Waals surface area (Å²) in [7, 11) is -1.25. The first-order chi connectivity index (χ1) is 26.7. The molecule has 4 aromatic carbocycles. The summed E-state index contributed by atoms with van der Waals surface area (Å²) in [5.74, 6) is 0.420. The van der Waals surface area contributed by atoms with Gasteiger partial charge in [0.25, 0.3) is 5.91 Å². The van der Waals surface area contributed by atoms with Gasteiger partial charge in [-0.2, -0.15) is 13.2 Å². The van der Waals surface area contributed by atoms with Gasteiger partial charge in [-0.3, -0.25) is 14.6 Å². The van der Waals surface area contributed by atoms with E-state index in [1.807, 2.05) is 12.1 Å². The molecule has 0 bridgehead atoms. The number of rotatable bonds is 12. The molecule has 0 aromatic heterocycles. The highest BCUT2D eigenvalue weighted by atomic mass is 28.4. The van der Waals surface area contributed by atoms with Gasteiger partial charge in [-0.15, -0.1) is 0 Å². The minimum absolute atomic E-state index is 0.0358. The number of amides is 1. The highest BCUT2D eigenvalue weighted by Gasteiger charge is 2.52. The molecule has 0 unspecified atom stereocenters. The van der Waals surface area contributed by atoms with Crippen LogP contribution in [0.15, 0.2) is 97.1 Å². The van der Waals surface area contributed by atoms with Gasteiger partial charge in [-0.25, -0.2) is 0 Å². The molecule has 2 aliphatic heterocycles. The van der Waals surface area contributed by atoms with Gasteiger partial charge in [0.1, 0.15) is 5.75 Å². The summed E-state index contributed by atoms with van der Waals surface area (Å²) < 4.78 is 60.3. The van der Waals surface area contributed by atoms with Gasteiger partial charge in [0, 0.05) is 64.5 Å². The molecule has 2 aliphatic rings. The molecule has 0 aliphatic carbocycles. The van der Waals surface area contributed by atoms with Crippen molar-refractivity contribution in [3.05, 3.63) is 125 Å². The summed E-state index contributed by atoms with van der Waals surface area (Å²) in [5, 5.41) is 2.11. The van der Waals surface area contributed by atoms with E-state index in [1.54, 1.807) is 25.0 Å². The number of nitrogens with zero attached hydrogens (tertiary/aromatic N) is 3. The predicted octanol–water partition coefficient (Wildman–Crippen LogP) is 6.98. The summed E-state index contributed by atoms with van der Waals surface area (Å²) in [5.41, 5.74) is 1.67. The normalized spacial score (nSPS) is 18.9. The third-order valence-corrected chi connectivity index (χ3v) is 16.1. The highest BCUT2D eigenvalue weighted by Crippen LogP contribution is 2.39. The maximum absolute atomic E-state index is 14.3. The van der Waals surface area contributed by atoms with Crippen LogP contribution in [0.2, 0.25) is 5.04 Å². The van der Waals surface area contributed by atoms with Gasteiger partial charge in [-0.1, -0.05) is 93.6 Å². The number of piperazine rings is 1. The summed E-state index contributed by atoms with van der Waals surface area (Å²) in [4.78, 5) is 20.8. The maximum atomic E-state index is 14.3. The number of benzene rings is 4. The molecule has 1 amide bonds.